The summed E-state index contributed by atoms with van der Waals surface area (Å²) in [6.45, 7) is 0. The molecule has 0 amide bonds. The summed E-state index contributed by atoms with van der Waals surface area (Å²) in [6.07, 6.45) is 1.81. The number of nitrogens with one attached hydrogen (secondary N) is 1. The van der Waals surface area contributed by atoms with Gasteiger partial charge in [-0.1, -0.05) is 0 Å². The Hall–Kier alpha value is -3.34. The molecule has 0 saturated carbocycles. The van der Waals surface area contributed by atoms with Crippen LogP contribution in [0.2, 0.25) is 0 Å². The van der Waals surface area contributed by atoms with Crippen LogP contribution >= 0.6 is 0 Å². The van der Waals surface area contributed by atoms with Crippen molar-refractivity contribution >= 4 is 10.9 Å². The van der Waals surface area contributed by atoms with E-state index in [0.717, 1.165) is 44.9 Å². The monoisotopic (exact) mass is 331 g/mol. The Kier molecular flexibility index (Phi) is 3.82. The second-order valence-electron chi connectivity index (χ2n) is 5.64. The number of ether oxygens (including phenoxy) is 2. The van der Waals surface area contributed by atoms with Crippen LogP contribution in [0.4, 0.5) is 0 Å². The summed E-state index contributed by atoms with van der Waals surface area (Å²) in [5, 5.41) is 8.21. The van der Waals surface area contributed by atoms with Crippen LogP contribution in [-0.4, -0.2) is 29.4 Å². The molecule has 25 heavy (non-hydrogen) atoms. The molecular weight excluding hydrogens is 314 g/mol. The van der Waals surface area contributed by atoms with Gasteiger partial charge in [0, 0.05) is 16.5 Å². The van der Waals surface area contributed by atoms with Gasteiger partial charge in [-0.15, -0.1) is 0 Å². The molecule has 2 heterocycles. The molecule has 2 aromatic carbocycles. The summed E-state index contributed by atoms with van der Waals surface area (Å²) in [7, 11) is 3.32. The van der Waals surface area contributed by atoms with Crippen LogP contribution in [0, 0.1) is 0 Å². The topological polar surface area (TPSA) is 60.0 Å². The lowest BCUT2D eigenvalue weighted by Gasteiger charge is -2.08. The average Bonchev–Trinajstić information content (AvgIpc) is 3.16. The van der Waals surface area contributed by atoms with Crippen molar-refractivity contribution in [2.75, 3.05) is 14.2 Å². The lowest BCUT2D eigenvalue weighted by atomic mass is 10.0. The fourth-order valence-electron chi connectivity index (χ4n) is 2.82. The van der Waals surface area contributed by atoms with Gasteiger partial charge in [-0.25, -0.2) is 4.98 Å². The number of hydrogen-bond acceptors (Lipinski definition) is 4. The van der Waals surface area contributed by atoms with E-state index in [0.29, 0.717) is 0 Å². The molecule has 4 aromatic rings. The quantitative estimate of drug-likeness (QED) is 0.605. The van der Waals surface area contributed by atoms with E-state index in [-0.39, 0.29) is 0 Å². The number of rotatable bonds is 4. The third kappa shape index (κ3) is 2.80. The maximum Gasteiger partial charge on any atom is 0.118 e. The Morgan fingerprint density at radius 3 is 2.00 bits per heavy atom. The summed E-state index contributed by atoms with van der Waals surface area (Å²) in [6, 6.07) is 17.8. The molecule has 0 aliphatic rings. The third-order valence-electron chi connectivity index (χ3n) is 4.19. The summed E-state index contributed by atoms with van der Waals surface area (Å²) < 4.78 is 10.5. The van der Waals surface area contributed by atoms with Gasteiger partial charge in [0.05, 0.1) is 37.3 Å². The molecule has 5 heteroatoms. The van der Waals surface area contributed by atoms with Crippen molar-refractivity contribution in [3.05, 3.63) is 60.8 Å². The lowest BCUT2D eigenvalue weighted by molar-refractivity contribution is 0.415. The number of pyridine rings is 1. The maximum atomic E-state index is 5.24. The summed E-state index contributed by atoms with van der Waals surface area (Å²) in [5.41, 5.74) is 4.76. The molecule has 1 N–H and O–H groups in total. The third-order valence-corrected chi connectivity index (χ3v) is 4.19. The normalized spacial score (nSPS) is 10.8. The molecule has 124 valence electrons. The van der Waals surface area contributed by atoms with Crippen LogP contribution in [-0.2, 0) is 0 Å². The van der Waals surface area contributed by atoms with E-state index in [1.165, 1.54) is 0 Å². The Morgan fingerprint density at radius 1 is 0.800 bits per heavy atom. The van der Waals surface area contributed by atoms with E-state index >= 15 is 0 Å². The van der Waals surface area contributed by atoms with E-state index in [4.69, 9.17) is 14.5 Å². The zero-order valence-corrected chi connectivity index (χ0v) is 14.0. The van der Waals surface area contributed by atoms with Gasteiger partial charge in [-0.2, -0.15) is 5.10 Å². The van der Waals surface area contributed by atoms with Crippen molar-refractivity contribution in [2.24, 2.45) is 0 Å². The predicted molar refractivity (Wildman–Crippen MR) is 97.9 cm³/mol. The second kappa shape index (κ2) is 6.28. The Bertz CT molecular complexity index is 1010. The Balaban J connectivity index is 1.86. The molecule has 4 rings (SSSR count). The first-order valence-electron chi connectivity index (χ1n) is 7.91. The molecule has 0 aliphatic heterocycles. The van der Waals surface area contributed by atoms with Gasteiger partial charge < -0.3 is 9.47 Å². The van der Waals surface area contributed by atoms with Gasteiger partial charge in [0.15, 0.2) is 0 Å². The van der Waals surface area contributed by atoms with E-state index in [1.807, 2.05) is 54.6 Å². The molecule has 0 aliphatic carbocycles. The number of methoxy groups -OCH3 is 2. The Morgan fingerprint density at radius 2 is 1.40 bits per heavy atom. The minimum atomic E-state index is 0.818. The van der Waals surface area contributed by atoms with Crippen LogP contribution in [0.25, 0.3) is 33.4 Å². The van der Waals surface area contributed by atoms with Gasteiger partial charge in [0.1, 0.15) is 11.5 Å². The van der Waals surface area contributed by atoms with Crippen molar-refractivity contribution in [3.63, 3.8) is 0 Å². The smallest absolute Gasteiger partial charge is 0.118 e. The largest absolute Gasteiger partial charge is 0.497 e. The minimum Gasteiger partial charge on any atom is -0.497 e. The SMILES string of the molecule is COc1ccc(-c2cc3[nH]ncc3c(-c3ccc(OC)cc3)n2)cc1. The fraction of sp³-hybridized carbons (Fsp3) is 0.100. The number of hydrogen-bond donors (Lipinski definition) is 1. The van der Waals surface area contributed by atoms with Crippen LogP contribution in [0.1, 0.15) is 0 Å². The number of fused-ring (bicyclic) bond motifs is 1. The van der Waals surface area contributed by atoms with Gasteiger partial charge in [-0.3, -0.25) is 5.10 Å². The van der Waals surface area contributed by atoms with E-state index < -0.39 is 0 Å². The zero-order chi connectivity index (χ0) is 17.2. The maximum absolute atomic E-state index is 5.24. The highest BCUT2D eigenvalue weighted by Gasteiger charge is 2.11. The van der Waals surface area contributed by atoms with E-state index in [1.54, 1.807) is 20.4 Å². The van der Waals surface area contributed by atoms with E-state index in [9.17, 15) is 0 Å². The number of H-pyrrole nitrogens is 1. The first kappa shape index (κ1) is 15.2. The van der Waals surface area contributed by atoms with E-state index in [2.05, 4.69) is 10.2 Å². The van der Waals surface area contributed by atoms with Crippen LogP contribution in [0.15, 0.2) is 60.8 Å². The summed E-state index contributed by atoms with van der Waals surface area (Å²) in [4.78, 5) is 4.88. The predicted octanol–water partition coefficient (Wildman–Crippen LogP) is 4.31. The molecule has 5 nitrogen and oxygen atoms in total. The lowest BCUT2D eigenvalue weighted by Crippen LogP contribution is -1.91. The highest BCUT2D eigenvalue weighted by Crippen LogP contribution is 2.31. The van der Waals surface area contributed by atoms with Crippen molar-refractivity contribution in [1.82, 2.24) is 15.2 Å². The highest BCUT2D eigenvalue weighted by molar-refractivity contribution is 5.94. The molecule has 0 unspecified atom stereocenters. The number of nitrogens with zero attached hydrogens (tertiary/aromatic N) is 2. The molecule has 0 atom stereocenters. The molecule has 0 radical (unpaired) electrons. The van der Waals surface area contributed by atoms with Crippen molar-refractivity contribution < 1.29 is 9.47 Å². The number of aromatic amines is 1. The van der Waals surface area contributed by atoms with Crippen molar-refractivity contribution in [3.8, 4) is 34.0 Å². The van der Waals surface area contributed by atoms with Gasteiger partial charge in [0.2, 0.25) is 0 Å². The molecule has 0 spiro atoms. The Labute approximate surface area is 145 Å². The van der Waals surface area contributed by atoms with Crippen LogP contribution < -0.4 is 9.47 Å². The number of aromatic nitrogens is 3. The summed E-state index contributed by atoms with van der Waals surface area (Å²) >= 11 is 0. The molecule has 0 fully saturated rings. The first-order chi connectivity index (χ1) is 12.3. The molecular formula is C20H17N3O2. The standard InChI is InChI=1S/C20H17N3O2/c1-24-15-7-3-13(4-8-15)18-11-19-17(12-21-23-19)20(22-18)14-5-9-16(25-2)10-6-14/h3-12H,1-2H3,(H,21,23). The fourth-order valence-corrected chi connectivity index (χ4v) is 2.82. The summed E-state index contributed by atoms with van der Waals surface area (Å²) in [5.74, 6) is 1.64. The first-order valence-corrected chi connectivity index (χ1v) is 7.91. The van der Waals surface area contributed by atoms with Crippen LogP contribution in [0.5, 0.6) is 11.5 Å². The highest BCUT2D eigenvalue weighted by atomic mass is 16.5. The molecule has 0 bridgehead atoms. The van der Waals surface area contributed by atoms with Crippen molar-refractivity contribution in [1.29, 1.82) is 0 Å². The van der Waals surface area contributed by atoms with Gasteiger partial charge >= 0.3 is 0 Å². The van der Waals surface area contributed by atoms with Crippen LogP contribution in [0.3, 0.4) is 0 Å². The second-order valence-corrected chi connectivity index (χ2v) is 5.64. The zero-order valence-electron chi connectivity index (χ0n) is 14.0. The number of benzene rings is 2. The van der Waals surface area contributed by atoms with Gasteiger partial charge in [-0.05, 0) is 54.6 Å². The van der Waals surface area contributed by atoms with Gasteiger partial charge in [0.25, 0.3) is 0 Å². The van der Waals surface area contributed by atoms with Crippen molar-refractivity contribution in [2.45, 2.75) is 0 Å². The average molecular weight is 331 g/mol. The molecule has 0 saturated heterocycles. The minimum absolute atomic E-state index is 0.818. The molecule has 2 aromatic heterocycles.